The van der Waals surface area contributed by atoms with E-state index in [0.717, 1.165) is 32.6 Å². The largest absolute Gasteiger partial charge is 0.343 e. The Balaban J connectivity index is 1.77. The second-order valence-corrected chi connectivity index (χ2v) is 7.54. The molecule has 4 aromatic rings. The fourth-order valence-corrected chi connectivity index (χ4v) is 3.94. The molecule has 0 atom stereocenters. The number of para-hydroxylation sites is 1. The summed E-state index contributed by atoms with van der Waals surface area (Å²) >= 11 is 1.21. The fourth-order valence-electron chi connectivity index (χ4n) is 2.95. The second-order valence-electron chi connectivity index (χ2n) is 6.51. The smallest absolute Gasteiger partial charge is 0.334 e. The quantitative estimate of drug-likeness (QED) is 0.269. The Kier molecular flexibility index (Phi) is 5.09. The van der Waals surface area contributed by atoms with Gasteiger partial charge < -0.3 is 5.32 Å². The predicted molar refractivity (Wildman–Crippen MR) is 114 cm³/mol. The number of pyridine rings is 1. The number of anilines is 2. The molecule has 0 saturated carbocycles. The van der Waals surface area contributed by atoms with Gasteiger partial charge in [-0.05, 0) is 43.2 Å². The molecule has 0 spiro atoms. The molecular weight excluding hydrogens is 386 g/mol. The molecule has 2 aromatic heterocycles. The topological polar surface area (TPSA) is 93.8 Å². The first-order valence-electron chi connectivity index (χ1n) is 8.88. The Bertz CT molecular complexity index is 1220. The van der Waals surface area contributed by atoms with Gasteiger partial charge in [0.1, 0.15) is 6.33 Å². The van der Waals surface area contributed by atoms with E-state index in [4.69, 9.17) is 0 Å². The molecule has 0 bridgehead atoms. The minimum absolute atomic E-state index is 0.161. The van der Waals surface area contributed by atoms with Crippen LogP contribution >= 0.6 is 11.8 Å². The highest BCUT2D eigenvalue weighted by Crippen LogP contribution is 2.39. The fraction of sp³-hybridized carbons (Fsp3) is 0.0952. The third-order valence-corrected chi connectivity index (χ3v) is 5.46. The summed E-state index contributed by atoms with van der Waals surface area (Å²) in [4.78, 5) is 25.0. The Morgan fingerprint density at radius 1 is 1.03 bits per heavy atom. The number of hydrogen-bond donors (Lipinski definition) is 1. The van der Waals surface area contributed by atoms with Crippen LogP contribution in [0.1, 0.15) is 11.1 Å². The summed E-state index contributed by atoms with van der Waals surface area (Å²) in [5, 5.41) is 16.2. The van der Waals surface area contributed by atoms with E-state index in [0.29, 0.717) is 0 Å². The van der Waals surface area contributed by atoms with E-state index < -0.39 is 4.92 Å². The maximum atomic E-state index is 11.9. The molecule has 8 heteroatoms. The Morgan fingerprint density at radius 3 is 2.69 bits per heavy atom. The molecule has 0 unspecified atom stereocenters. The first kappa shape index (κ1) is 18.8. The van der Waals surface area contributed by atoms with Crippen LogP contribution in [0, 0.1) is 24.0 Å². The minimum Gasteiger partial charge on any atom is -0.334 e. The zero-order valence-electron chi connectivity index (χ0n) is 15.8. The molecule has 0 fully saturated rings. The van der Waals surface area contributed by atoms with Gasteiger partial charge in [0.25, 0.3) is 0 Å². The van der Waals surface area contributed by atoms with Crippen LogP contribution in [-0.2, 0) is 0 Å². The zero-order valence-corrected chi connectivity index (χ0v) is 16.6. The molecule has 1 N–H and O–H groups in total. The number of aryl methyl sites for hydroxylation is 2. The van der Waals surface area contributed by atoms with Crippen molar-refractivity contribution in [1.29, 1.82) is 0 Å². The minimum atomic E-state index is -0.450. The van der Waals surface area contributed by atoms with E-state index in [1.165, 1.54) is 18.1 Å². The van der Waals surface area contributed by atoms with Gasteiger partial charge in [-0.1, -0.05) is 42.1 Å². The van der Waals surface area contributed by atoms with Crippen LogP contribution in [0.5, 0.6) is 0 Å². The molecule has 0 aliphatic rings. The van der Waals surface area contributed by atoms with E-state index in [1.54, 1.807) is 6.20 Å². The van der Waals surface area contributed by atoms with Crippen molar-refractivity contribution in [3.05, 3.63) is 82.3 Å². The highest BCUT2D eigenvalue weighted by Gasteiger charge is 2.25. The van der Waals surface area contributed by atoms with Gasteiger partial charge in [-0.3, -0.25) is 15.1 Å². The first-order chi connectivity index (χ1) is 14.0. The first-order valence-corrected chi connectivity index (χ1v) is 9.70. The molecule has 2 aromatic carbocycles. The average Bonchev–Trinajstić information content (AvgIpc) is 2.71. The van der Waals surface area contributed by atoms with E-state index in [9.17, 15) is 10.1 Å². The summed E-state index contributed by atoms with van der Waals surface area (Å²) in [6.45, 7) is 3.90. The van der Waals surface area contributed by atoms with E-state index in [1.807, 2.05) is 62.4 Å². The maximum Gasteiger partial charge on any atom is 0.343 e. The number of fused-ring (bicyclic) bond motifs is 1. The summed E-state index contributed by atoms with van der Waals surface area (Å²) in [6, 6.07) is 15.4. The zero-order chi connectivity index (χ0) is 20.4. The normalized spacial score (nSPS) is 10.8. The third kappa shape index (κ3) is 3.88. The number of nitrogens with zero attached hydrogens (tertiary/aromatic N) is 4. The van der Waals surface area contributed by atoms with Crippen molar-refractivity contribution in [2.75, 3.05) is 5.32 Å². The third-order valence-electron chi connectivity index (χ3n) is 4.42. The lowest BCUT2D eigenvalue weighted by molar-refractivity contribution is -0.387. The van der Waals surface area contributed by atoms with Crippen molar-refractivity contribution in [3.8, 4) is 0 Å². The van der Waals surface area contributed by atoms with Gasteiger partial charge in [0.15, 0.2) is 5.03 Å². The molecule has 144 valence electrons. The van der Waals surface area contributed by atoms with Crippen molar-refractivity contribution in [3.63, 3.8) is 0 Å². The van der Waals surface area contributed by atoms with Gasteiger partial charge >= 0.3 is 5.69 Å². The van der Waals surface area contributed by atoms with Gasteiger partial charge in [0, 0.05) is 22.2 Å². The van der Waals surface area contributed by atoms with Crippen molar-refractivity contribution in [1.82, 2.24) is 15.0 Å². The number of nitrogens with one attached hydrogen (secondary N) is 1. The average molecular weight is 403 g/mol. The molecule has 29 heavy (non-hydrogen) atoms. The van der Waals surface area contributed by atoms with Crippen molar-refractivity contribution in [2.24, 2.45) is 0 Å². The van der Waals surface area contributed by atoms with Crippen LogP contribution in [0.2, 0.25) is 0 Å². The maximum absolute atomic E-state index is 11.9. The Morgan fingerprint density at radius 2 is 1.86 bits per heavy atom. The summed E-state index contributed by atoms with van der Waals surface area (Å²) in [5.41, 5.74) is 3.40. The summed E-state index contributed by atoms with van der Waals surface area (Å²) in [7, 11) is 0. The molecule has 0 aliphatic heterocycles. The highest BCUT2D eigenvalue weighted by molar-refractivity contribution is 7.99. The molecule has 4 rings (SSSR count). The Hall–Kier alpha value is -3.52. The molecular formula is C21H17N5O2S. The SMILES string of the molecule is Cc1ccc(C)c(Nc2ncnc(Sc3cccc4cccnc34)c2[N+](=O)[O-])c1. The molecule has 0 amide bonds. The van der Waals surface area contributed by atoms with Crippen molar-refractivity contribution >= 4 is 39.9 Å². The van der Waals surface area contributed by atoms with Crippen molar-refractivity contribution < 1.29 is 4.92 Å². The Labute approximate surface area is 171 Å². The van der Waals surface area contributed by atoms with Crippen LogP contribution in [0.3, 0.4) is 0 Å². The monoisotopic (exact) mass is 403 g/mol. The number of aromatic nitrogens is 3. The molecule has 0 saturated heterocycles. The van der Waals surface area contributed by atoms with Crippen LogP contribution in [-0.4, -0.2) is 19.9 Å². The van der Waals surface area contributed by atoms with Gasteiger partial charge in [0.05, 0.1) is 10.4 Å². The van der Waals surface area contributed by atoms with Gasteiger partial charge in [-0.25, -0.2) is 9.97 Å². The highest BCUT2D eigenvalue weighted by atomic mass is 32.2. The lowest BCUT2D eigenvalue weighted by Gasteiger charge is -2.11. The predicted octanol–water partition coefficient (Wildman–Crippen LogP) is 5.44. The van der Waals surface area contributed by atoms with Crippen molar-refractivity contribution in [2.45, 2.75) is 23.8 Å². The van der Waals surface area contributed by atoms with Crippen LogP contribution in [0.4, 0.5) is 17.2 Å². The van der Waals surface area contributed by atoms with E-state index in [-0.39, 0.29) is 16.5 Å². The van der Waals surface area contributed by atoms with E-state index >= 15 is 0 Å². The summed E-state index contributed by atoms with van der Waals surface area (Å²) < 4.78 is 0. The second kappa shape index (κ2) is 7.84. The summed E-state index contributed by atoms with van der Waals surface area (Å²) in [6.07, 6.45) is 3.04. The molecule has 2 heterocycles. The standard InChI is InChI=1S/C21H17N5O2S/c1-13-8-9-14(2)16(11-13)25-20-19(26(27)28)21(24-12-23-20)29-17-7-3-5-15-6-4-10-22-18(15)17/h3-12H,1-2H3,(H,23,24,25). The molecule has 7 nitrogen and oxygen atoms in total. The number of hydrogen-bond acceptors (Lipinski definition) is 7. The number of benzene rings is 2. The molecule has 0 aliphatic carbocycles. The van der Waals surface area contributed by atoms with Gasteiger partial charge in [0.2, 0.25) is 5.82 Å². The molecule has 0 radical (unpaired) electrons. The number of rotatable bonds is 5. The number of nitro groups is 1. The lowest BCUT2D eigenvalue weighted by Crippen LogP contribution is -2.04. The van der Waals surface area contributed by atoms with Gasteiger partial charge in [-0.15, -0.1) is 0 Å². The van der Waals surface area contributed by atoms with Crippen LogP contribution in [0.25, 0.3) is 10.9 Å². The summed E-state index contributed by atoms with van der Waals surface area (Å²) in [5.74, 6) is 0.161. The van der Waals surface area contributed by atoms with Gasteiger partial charge in [-0.2, -0.15) is 0 Å². The van der Waals surface area contributed by atoms with E-state index in [2.05, 4.69) is 20.3 Å². The lowest BCUT2D eigenvalue weighted by atomic mass is 10.1. The van der Waals surface area contributed by atoms with Crippen LogP contribution < -0.4 is 5.32 Å². The van der Waals surface area contributed by atoms with Crippen LogP contribution in [0.15, 0.2) is 71.0 Å².